The Hall–Kier alpha value is -2.85. The highest BCUT2D eigenvalue weighted by Gasteiger charge is 2.35. The molecule has 2 saturated heterocycles. The van der Waals surface area contributed by atoms with Crippen LogP contribution in [0.25, 0.3) is 22.3 Å². The first-order chi connectivity index (χ1) is 13.9. The number of aromatic nitrogens is 6. The Kier molecular flexibility index (Phi) is 4.14. The number of nitrogens with two attached hydrogens (primary N) is 1. The smallest absolute Gasteiger partial charge is 0.228 e. The number of anilines is 2. The van der Waals surface area contributed by atoms with Crippen molar-refractivity contribution in [3.8, 4) is 11.3 Å². The van der Waals surface area contributed by atoms with Crippen molar-refractivity contribution in [3.05, 3.63) is 18.6 Å². The Morgan fingerprint density at radius 2 is 1.83 bits per heavy atom. The molecule has 0 spiro atoms. The largest absolute Gasteiger partial charge is 0.389 e. The lowest BCUT2D eigenvalue weighted by atomic mass is 10.1. The molecule has 0 aromatic carbocycles. The Morgan fingerprint density at radius 3 is 2.48 bits per heavy atom. The molecule has 0 saturated carbocycles. The van der Waals surface area contributed by atoms with E-state index in [1.54, 1.807) is 37.1 Å². The molecule has 5 heterocycles. The van der Waals surface area contributed by atoms with Gasteiger partial charge in [0.15, 0.2) is 5.65 Å². The molecule has 2 aliphatic heterocycles. The van der Waals surface area contributed by atoms with Crippen molar-refractivity contribution >= 4 is 22.9 Å². The molecule has 0 radical (unpaired) electrons. The molecule has 3 aromatic rings. The van der Waals surface area contributed by atoms with Crippen molar-refractivity contribution in [2.45, 2.75) is 51.0 Å². The van der Waals surface area contributed by atoms with Gasteiger partial charge in [-0.1, -0.05) is 0 Å². The summed E-state index contributed by atoms with van der Waals surface area (Å²) in [6.07, 6.45) is 7.61. The first kappa shape index (κ1) is 18.2. The molecule has 2 fully saturated rings. The number of rotatable bonds is 4. The average molecular weight is 396 g/mol. The number of aliphatic hydroxyl groups is 1. The van der Waals surface area contributed by atoms with Gasteiger partial charge >= 0.3 is 0 Å². The monoisotopic (exact) mass is 396 g/mol. The lowest BCUT2D eigenvalue weighted by Gasteiger charge is -2.32. The predicted molar refractivity (Wildman–Crippen MR) is 107 cm³/mol. The summed E-state index contributed by atoms with van der Waals surface area (Å²) >= 11 is 0. The maximum Gasteiger partial charge on any atom is 0.228 e. The highest BCUT2D eigenvalue weighted by Crippen LogP contribution is 2.32. The van der Waals surface area contributed by atoms with Gasteiger partial charge < -0.3 is 20.5 Å². The molecule has 0 amide bonds. The third-order valence-electron chi connectivity index (χ3n) is 5.29. The molecular formula is C19H24N8O2. The molecule has 152 valence electrons. The van der Waals surface area contributed by atoms with Gasteiger partial charge in [0.05, 0.1) is 41.6 Å². The van der Waals surface area contributed by atoms with Gasteiger partial charge in [-0.15, -0.1) is 0 Å². The number of nitrogens with zero attached hydrogens (tertiary/aromatic N) is 7. The van der Waals surface area contributed by atoms with E-state index >= 15 is 0 Å². The van der Waals surface area contributed by atoms with Crippen LogP contribution in [0.2, 0.25) is 0 Å². The molecule has 2 atom stereocenters. The van der Waals surface area contributed by atoms with Gasteiger partial charge in [-0.2, -0.15) is 10.1 Å². The molecule has 10 nitrogen and oxygen atoms in total. The van der Waals surface area contributed by atoms with Crippen molar-refractivity contribution in [2.24, 2.45) is 0 Å². The molecule has 3 aromatic heterocycles. The van der Waals surface area contributed by atoms with Gasteiger partial charge in [-0.3, -0.25) is 0 Å². The molecular weight excluding hydrogens is 372 g/mol. The second-order valence-electron chi connectivity index (χ2n) is 8.42. The van der Waals surface area contributed by atoms with E-state index in [1.165, 1.54) is 0 Å². The zero-order valence-electron chi connectivity index (χ0n) is 16.5. The summed E-state index contributed by atoms with van der Waals surface area (Å²) in [5.41, 5.74) is 6.84. The first-order valence-corrected chi connectivity index (χ1v) is 9.80. The van der Waals surface area contributed by atoms with Crippen molar-refractivity contribution in [1.29, 1.82) is 0 Å². The quantitative estimate of drug-likeness (QED) is 0.663. The van der Waals surface area contributed by atoms with E-state index < -0.39 is 5.60 Å². The van der Waals surface area contributed by atoms with E-state index in [2.05, 4.69) is 20.0 Å². The summed E-state index contributed by atoms with van der Waals surface area (Å²) < 4.78 is 7.68. The zero-order valence-corrected chi connectivity index (χ0v) is 16.5. The second-order valence-corrected chi connectivity index (χ2v) is 8.42. The number of ether oxygens (including phenoxy) is 1. The summed E-state index contributed by atoms with van der Waals surface area (Å²) in [4.78, 5) is 20.1. The summed E-state index contributed by atoms with van der Waals surface area (Å²) in [5, 5.41) is 15.5. The normalized spacial score (nSPS) is 21.8. The van der Waals surface area contributed by atoms with Crippen molar-refractivity contribution in [1.82, 2.24) is 29.7 Å². The van der Waals surface area contributed by atoms with Crippen molar-refractivity contribution in [3.63, 3.8) is 0 Å². The van der Waals surface area contributed by atoms with Crippen LogP contribution in [0.5, 0.6) is 0 Å². The van der Waals surface area contributed by atoms with Crippen molar-refractivity contribution in [2.75, 3.05) is 23.7 Å². The molecule has 2 unspecified atom stereocenters. The SMILES string of the molecule is CC(C)(O)Cn1ncc2c(-c3cnc(N)nc3)nc(N3CC4CCC(C3)O4)nc21. The minimum Gasteiger partial charge on any atom is -0.389 e. The first-order valence-electron chi connectivity index (χ1n) is 9.80. The Bertz CT molecular complexity index is 1030. The predicted octanol–water partition coefficient (Wildman–Crippen LogP) is 1.00. The fourth-order valence-corrected chi connectivity index (χ4v) is 4.03. The van der Waals surface area contributed by atoms with Crippen LogP contribution >= 0.6 is 0 Å². The molecule has 29 heavy (non-hydrogen) atoms. The van der Waals surface area contributed by atoms with Crippen LogP contribution in [0.15, 0.2) is 18.6 Å². The standard InChI is InChI=1S/C19H24N8O2/c1-19(2,28)10-27-16-14(7-23-27)15(11-5-21-17(20)22-6-11)24-18(25-16)26-8-12-3-4-13(9-26)29-12/h5-7,12-13,28H,3-4,8-10H2,1-2H3,(H2,20,21,22). The van der Waals surface area contributed by atoms with Crippen LogP contribution in [0.1, 0.15) is 26.7 Å². The highest BCUT2D eigenvalue weighted by molar-refractivity contribution is 5.90. The van der Waals surface area contributed by atoms with Crippen LogP contribution in [-0.2, 0) is 11.3 Å². The second kappa shape index (κ2) is 6.60. The van der Waals surface area contributed by atoms with E-state index in [4.69, 9.17) is 20.4 Å². The Morgan fingerprint density at radius 1 is 1.14 bits per heavy atom. The summed E-state index contributed by atoms with van der Waals surface area (Å²) in [6.45, 7) is 5.34. The maximum atomic E-state index is 10.3. The summed E-state index contributed by atoms with van der Waals surface area (Å²) in [6, 6.07) is 0. The molecule has 2 aliphatic rings. The number of hydrogen-bond acceptors (Lipinski definition) is 9. The van der Waals surface area contributed by atoms with Gasteiger partial charge in [-0.25, -0.2) is 19.6 Å². The van der Waals surface area contributed by atoms with Crippen LogP contribution < -0.4 is 10.6 Å². The topological polar surface area (TPSA) is 128 Å². The van der Waals surface area contributed by atoms with Crippen LogP contribution in [0.3, 0.4) is 0 Å². The lowest BCUT2D eigenvalue weighted by molar-refractivity contribution is 0.0299. The van der Waals surface area contributed by atoms with E-state index in [9.17, 15) is 5.11 Å². The van der Waals surface area contributed by atoms with Gasteiger partial charge in [0.25, 0.3) is 0 Å². The third kappa shape index (κ3) is 3.49. The lowest BCUT2D eigenvalue weighted by Crippen LogP contribution is -2.43. The fourth-order valence-electron chi connectivity index (χ4n) is 4.03. The van der Waals surface area contributed by atoms with E-state index in [0.717, 1.165) is 36.9 Å². The molecule has 2 bridgehead atoms. The van der Waals surface area contributed by atoms with Crippen molar-refractivity contribution < 1.29 is 9.84 Å². The van der Waals surface area contributed by atoms with E-state index in [-0.39, 0.29) is 18.2 Å². The number of nitrogen functional groups attached to an aromatic ring is 1. The van der Waals surface area contributed by atoms with Crippen LogP contribution in [-0.4, -0.2) is 65.7 Å². The van der Waals surface area contributed by atoms with E-state index in [0.29, 0.717) is 23.8 Å². The Balaban J connectivity index is 1.64. The van der Waals surface area contributed by atoms with Crippen LogP contribution in [0, 0.1) is 0 Å². The molecule has 0 aliphatic carbocycles. The minimum atomic E-state index is -0.924. The average Bonchev–Trinajstić information content (AvgIpc) is 3.23. The summed E-state index contributed by atoms with van der Waals surface area (Å²) in [7, 11) is 0. The van der Waals surface area contributed by atoms with Crippen LogP contribution in [0.4, 0.5) is 11.9 Å². The number of morpholine rings is 1. The van der Waals surface area contributed by atoms with Gasteiger partial charge in [0, 0.05) is 31.0 Å². The third-order valence-corrected chi connectivity index (χ3v) is 5.29. The minimum absolute atomic E-state index is 0.210. The molecule has 10 heteroatoms. The van der Waals surface area contributed by atoms with Gasteiger partial charge in [0.1, 0.15) is 0 Å². The zero-order chi connectivity index (χ0) is 20.2. The number of fused-ring (bicyclic) bond motifs is 3. The fraction of sp³-hybridized carbons (Fsp3) is 0.526. The summed E-state index contributed by atoms with van der Waals surface area (Å²) in [5.74, 6) is 0.837. The van der Waals surface area contributed by atoms with Gasteiger partial charge in [-0.05, 0) is 26.7 Å². The van der Waals surface area contributed by atoms with E-state index in [1.807, 2.05) is 0 Å². The van der Waals surface area contributed by atoms with Gasteiger partial charge in [0.2, 0.25) is 11.9 Å². The molecule has 5 rings (SSSR count). The maximum absolute atomic E-state index is 10.3. The number of hydrogen-bond donors (Lipinski definition) is 2. The highest BCUT2D eigenvalue weighted by atomic mass is 16.5. The Labute approximate surface area is 167 Å². The molecule has 3 N–H and O–H groups in total.